The Morgan fingerprint density at radius 1 is 0.947 bits per heavy atom. The summed E-state index contributed by atoms with van der Waals surface area (Å²) in [7, 11) is 0. The molecular weight excluding hydrogens is 234 g/mol. The number of unbranched alkanes of at least 4 members (excludes halogenated alkanes) is 2. The van der Waals surface area contributed by atoms with E-state index in [0.29, 0.717) is 0 Å². The third kappa shape index (κ3) is 5.23. The summed E-state index contributed by atoms with van der Waals surface area (Å²) >= 11 is 0. The van der Waals surface area contributed by atoms with Gasteiger partial charge >= 0.3 is 0 Å². The van der Waals surface area contributed by atoms with Crippen LogP contribution in [0, 0.1) is 0 Å². The molecule has 0 fully saturated rings. The van der Waals surface area contributed by atoms with Crippen LogP contribution in [0.15, 0.2) is 24.3 Å². The van der Waals surface area contributed by atoms with Crippen LogP contribution in [0.25, 0.3) is 0 Å². The molecule has 2 heteroatoms. The Balaban J connectivity index is 2.71. The number of anilines is 1. The van der Waals surface area contributed by atoms with Crippen LogP contribution in [-0.2, 0) is 0 Å². The van der Waals surface area contributed by atoms with Crippen molar-refractivity contribution in [1.82, 2.24) is 0 Å². The molecule has 0 saturated heterocycles. The van der Waals surface area contributed by atoms with Crippen molar-refractivity contribution >= 4 is 5.69 Å². The van der Waals surface area contributed by atoms with Gasteiger partial charge in [-0.25, -0.2) is 0 Å². The first-order chi connectivity index (χ1) is 9.22. The number of nitrogens with zero attached hydrogens (tertiary/aromatic N) is 1. The van der Waals surface area contributed by atoms with Crippen molar-refractivity contribution in [3.05, 3.63) is 29.8 Å². The lowest BCUT2D eigenvalue weighted by molar-refractivity contribution is 0.173. The zero-order chi connectivity index (χ0) is 14.1. The van der Waals surface area contributed by atoms with Gasteiger partial charge in [0, 0.05) is 18.8 Å². The molecule has 0 aliphatic carbocycles. The van der Waals surface area contributed by atoms with Crippen molar-refractivity contribution in [1.29, 1.82) is 0 Å². The fourth-order valence-electron chi connectivity index (χ4n) is 2.21. The Morgan fingerprint density at radius 2 is 1.47 bits per heavy atom. The molecule has 0 bridgehead atoms. The topological polar surface area (TPSA) is 23.5 Å². The lowest BCUT2D eigenvalue weighted by atomic mass is 10.1. The maximum atomic E-state index is 9.83. The van der Waals surface area contributed by atoms with Crippen LogP contribution in [0.2, 0.25) is 0 Å². The molecule has 0 unspecified atom stereocenters. The molecule has 19 heavy (non-hydrogen) atoms. The maximum absolute atomic E-state index is 9.83. The standard InChI is InChI=1S/C17H29NO/c1-4-7-13-18(14-8-5-2)16-11-9-15(10-12-16)17(19)6-3/h9-12,17,19H,4-8,13-14H2,1-3H3/t17-/m0/s1. The molecule has 0 saturated carbocycles. The highest BCUT2D eigenvalue weighted by Gasteiger charge is 2.08. The molecule has 0 aliphatic rings. The molecular formula is C17H29NO. The van der Waals surface area contributed by atoms with E-state index in [1.807, 2.05) is 6.92 Å². The number of aliphatic hydroxyl groups excluding tert-OH is 1. The van der Waals surface area contributed by atoms with Gasteiger partial charge in [-0.05, 0) is 37.0 Å². The minimum absolute atomic E-state index is 0.325. The Morgan fingerprint density at radius 3 is 1.89 bits per heavy atom. The summed E-state index contributed by atoms with van der Waals surface area (Å²) in [6.45, 7) is 8.74. The molecule has 0 aromatic heterocycles. The Hall–Kier alpha value is -1.02. The fraction of sp³-hybridized carbons (Fsp3) is 0.647. The van der Waals surface area contributed by atoms with Gasteiger partial charge in [-0.3, -0.25) is 0 Å². The van der Waals surface area contributed by atoms with Gasteiger partial charge in [0.1, 0.15) is 0 Å². The van der Waals surface area contributed by atoms with Gasteiger partial charge in [0.25, 0.3) is 0 Å². The van der Waals surface area contributed by atoms with Crippen molar-refractivity contribution in [2.24, 2.45) is 0 Å². The first kappa shape index (κ1) is 16.0. The Labute approximate surface area is 118 Å². The summed E-state index contributed by atoms with van der Waals surface area (Å²) < 4.78 is 0. The summed E-state index contributed by atoms with van der Waals surface area (Å²) in [5.41, 5.74) is 2.31. The van der Waals surface area contributed by atoms with Gasteiger partial charge in [0.05, 0.1) is 6.10 Å². The van der Waals surface area contributed by atoms with E-state index in [1.165, 1.54) is 31.4 Å². The predicted octanol–water partition coefficient (Wildman–Crippen LogP) is 4.54. The van der Waals surface area contributed by atoms with Gasteiger partial charge in [-0.15, -0.1) is 0 Å². The fourth-order valence-corrected chi connectivity index (χ4v) is 2.21. The molecule has 1 aromatic carbocycles. The van der Waals surface area contributed by atoms with E-state index in [-0.39, 0.29) is 6.10 Å². The highest BCUT2D eigenvalue weighted by Crippen LogP contribution is 2.21. The summed E-state index contributed by atoms with van der Waals surface area (Å²) in [4.78, 5) is 2.47. The number of benzene rings is 1. The minimum atomic E-state index is -0.325. The number of hydrogen-bond donors (Lipinski definition) is 1. The quantitative estimate of drug-likeness (QED) is 0.707. The first-order valence-corrected chi connectivity index (χ1v) is 7.75. The van der Waals surface area contributed by atoms with Crippen LogP contribution in [-0.4, -0.2) is 18.2 Å². The summed E-state index contributed by atoms with van der Waals surface area (Å²) in [6, 6.07) is 8.43. The zero-order valence-corrected chi connectivity index (χ0v) is 12.7. The molecule has 0 amide bonds. The predicted molar refractivity (Wildman–Crippen MR) is 83.7 cm³/mol. The number of hydrogen-bond acceptors (Lipinski definition) is 2. The first-order valence-electron chi connectivity index (χ1n) is 7.75. The smallest absolute Gasteiger partial charge is 0.0787 e. The van der Waals surface area contributed by atoms with Gasteiger partial charge in [0.15, 0.2) is 0 Å². The van der Waals surface area contributed by atoms with Crippen LogP contribution in [0.4, 0.5) is 5.69 Å². The summed E-state index contributed by atoms with van der Waals surface area (Å²) in [5, 5.41) is 9.83. The summed E-state index contributed by atoms with van der Waals surface area (Å²) in [6.07, 6.45) is 5.39. The van der Waals surface area contributed by atoms with E-state index >= 15 is 0 Å². The number of aliphatic hydroxyl groups is 1. The van der Waals surface area contributed by atoms with Crippen LogP contribution in [0.5, 0.6) is 0 Å². The van der Waals surface area contributed by atoms with Gasteiger partial charge in [-0.1, -0.05) is 45.7 Å². The molecule has 1 aromatic rings. The molecule has 1 rings (SSSR count). The van der Waals surface area contributed by atoms with E-state index in [9.17, 15) is 5.11 Å². The van der Waals surface area contributed by atoms with Crippen molar-refractivity contribution in [2.75, 3.05) is 18.0 Å². The van der Waals surface area contributed by atoms with Crippen molar-refractivity contribution in [2.45, 2.75) is 59.0 Å². The van der Waals surface area contributed by atoms with Crippen LogP contribution in [0.3, 0.4) is 0 Å². The largest absolute Gasteiger partial charge is 0.388 e. The molecule has 0 aliphatic heterocycles. The van der Waals surface area contributed by atoms with Crippen LogP contribution in [0.1, 0.15) is 64.5 Å². The second-order valence-electron chi connectivity index (χ2n) is 5.21. The monoisotopic (exact) mass is 263 g/mol. The average molecular weight is 263 g/mol. The van der Waals surface area contributed by atoms with Gasteiger partial charge in [0.2, 0.25) is 0 Å². The molecule has 108 valence electrons. The third-order valence-electron chi connectivity index (χ3n) is 3.59. The lowest BCUT2D eigenvalue weighted by Gasteiger charge is -2.25. The van der Waals surface area contributed by atoms with Gasteiger partial charge in [-0.2, -0.15) is 0 Å². The van der Waals surface area contributed by atoms with Crippen molar-refractivity contribution < 1.29 is 5.11 Å². The Bertz CT molecular complexity index is 326. The zero-order valence-electron chi connectivity index (χ0n) is 12.7. The highest BCUT2D eigenvalue weighted by atomic mass is 16.3. The summed E-state index contributed by atoms with van der Waals surface area (Å²) in [5.74, 6) is 0. The molecule has 0 radical (unpaired) electrons. The van der Waals surface area contributed by atoms with E-state index in [4.69, 9.17) is 0 Å². The van der Waals surface area contributed by atoms with E-state index in [1.54, 1.807) is 0 Å². The normalized spacial score (nSPS) is 12.4. The van der Waals surface area contributed by atoms with Crippen molar-refractivity contribution in [3.8, 4) is 0 Å². The van der Waals surface area contributed by atoms with Crippen LogP contribution < -0.4 is 4.90 Å². The molecule has 1 atom stereocenters. The van der Waals surface area contributed by atoms with Crippen molar-refractivity contribution in [3.63, 3.8) is 0 Å². The van der Waals surface area contributed by atoms with Gasteiger partial charge < -0.3 is 10.0 Å². The molecule has 2 nitrogen and oxygen atoms in total. The SMILES string of the molecule is CCCCN(CCCC)c1ccc([C@@H](O)CC)cc1. The second-order valence-corrected chi connectivity index (χ2v) is 5.21. The van der Waals surface area contributed by atoms with E-state index < -0.39 is 0 Å². The molecule has 0 spiro atoms. The third-order valence-corrected chi connectivity index (χ3v) is 3.59. The van der Waals surface area contributed by atoms with E-state index in [0.717, 1.165) is 25.1 Å². The van der Waals surface area contributed by atoms with Crippen LogP contribution >= 0.6 is 0 Å². The second kappa shape index (κ2) is 8.98. The van der Waals surface area contributed by atoms with E-state index in [2.05, 4.69) is 43.0 Å². The number of rotatable bonds is 9. The maximum Gasteiger partial charge on any atom is 0.0787 e. The molecule has 0 heterocycles. The molecule has 1 N–H and O–H groups in total. The minimum Gasteiger partial charge on any atom is -0.388 e. The highest BCUT2D eigenvalue weighted by molar-refractivity contribution is 5.47. The lowest BCUT2D eigenvalue weighted by Crippen LogP contribution is -2.25. The average Bonchev–Trinajstić information content (AvgIpc) is 2.47. The Kier molecular flexibility index (Phi) is 7.57.